The summed E-state index contributed by atoms with van der Waals surface area (Å²) < 4.78 is 0. The highest BCUT2D eigenvalue weighted by Gasteiger charge is 2.26. The standard InChI is InChI=1S/C29H38N4/c1-7-23-9-10-25(17-27(23)24-12-14-32(15-13-24)19(2)3)33(20(4)5)29-21(6)26-11-8-22(18-30)16-28(26)31-29/h8-11,16-17,19-20,24,31H,7,12-15H2,1-6H3. The Morgan fingerprint density at radius 2 is 1.82 bits per heavy atom. The Morgan fingerprint density at radius 3 is 2.42 bits per heavy atom. The van der Waals surface area contributed by atoms with Gasteiger partial charge in [-0.15, -0.1) is 0 Å². The molecule has 33 heavy (non-hydrogen) atoms. The number of likely N-dealkylation sites (tertiary alicyclic amines) is 1. The smallest absolute Gasteiger partial charge is 0.114 e. The van der Waals surface area contributed by atoms with Gasteiger partial charge < -0.3 is 14.8 Å². The van der Waals surface area contributed by atoms with E-state index < -0.39 is 0 Å². The van der Waals surface area contributed by atoms with Crippen LogP contribution in [0.5, 0.6) is 0 Å². The molecule has 0 atom stereocenters. The lowest BCUT2D eigenvalue weighted by molar-refractivity contribution is 0.171. The zero-order valence-corrected chi connectivity index (χ0v) is 21.1. The van der Waals surface area contributed by atoms with E-state index in [2.05, 4.69) is 86.7 Å². The van der Waals surface area contributed by atoms with Crippen molar-refractivity contribution >= 4 is 22.4 Å². The van der Waals surface area contributed by atoms with E-state index in [-0.39, 0.29) is 0 Å². The second-order valence-electron chi connectivity index (χ2n) is 10.1. The van der Waals surface area contributed by atoms with Gasteiger partial charge >= 0.3 is 0 Å². The SMILES string of the molecule is CCc1ccc(N(c2[nH]c3cc(C#N)ccc3c2C)C(C)C)cc1C1CCN(C(C)C)CC1. The van der Waals surface area contributed by atoms with Crippen molar-refractivity contribution in [3.05, 3.63) is 58.7 Å². The van der Waals surface area contributed by atoms with E-state index >= 15 is 0 Å². The number of piperidine rings is 1. The summed E-state index contributed by atoms with van der Waals surface area (Å²) in [5.41, 5.74) is 7.21. The molecule has 0 spiro atoms. The second kappa shape index (κ2) is 9.61. The van der Waals surface area contributed by atoms with Crippen LogP contribution in [0.25, 0.3) is 10.9 Å². The zero-order chi connectivity index (χ0) is 23.7. The number of hydrogen-bond donors (Lipinski definition) is 1. The molecule has 0 amide bonds. The molecule has 2 aromatic carbocycles. The Morgan fingerprint density at radius 1 is 1.09 bits per heavy atom. The number of hydrogen-bond acceptors (Lipinski definition) is 3. The summed E-state index contributed by atoms with van der Waals surface area (Å²) in [6.07, 6.45) is 3.54. The molecule has 0 unspecified atom stereocenters. The Balaban J connectivity index is 1.74. The lowest BCUT2D eigenvalue weighted by Crippen LogP contribution is -2.38. The number of nitriles is 1. The molecule has 0 aliphatic carbocycles. The van der Waals surface area contributed by atoms with E-state index in [0.29, 0.717) is 23.6 Å². The number of fused-ring (bicyclic) bond motifs is 1. The van der Waals surface area contributed by atoms with Crippen LogP contribution in [0, 0.1) is 18.3 Å². The molecule has 4 rings (SSSR count). The van der Waals surface area contributed by atoms with Crippen molar-refractivity contribution in [3.8, 4) is 6.07 Å². The molecule has 0 radical (unpaired) electrons. The van der Waals surface area contributed by atoms with Gasteiger partial charge in [0.15, 0.2) is 0 Å². The first-order valence-electron chi connectivity index (χ1n) is 12.5. The quantitative estimate of drug-likeness (QED) is 0.445. The third kappa shape index (κ3) is 4.52. The number of rotatable bonds is 6. The Labute approximate surface area is 199 Å². The van der Waals surface area contributed by atoms with Crippen molar-refractivity contribution in [1.82, 2.24) is 9.88 Å². The lowest BCUT2D eigenvalue weighted by atomic mass is 9.85. The van der Waals surface area contributed by atoms with Crippen LogP contribution in [0.4, 0.5) is 11.5 Å². The fourth-order valence-electron chi connectivity index (χ4n) is 5.48. The first-order chi connectivity index (χ1) is 15.8. The highest BCUT2D eigenvalue weighted by molar-refractivity contribution is 5.91. The van der Waals surface area contributed by atoms with Crippen molar-refractivity contribution < 1.29 is 0 Å². The fourth-order valence-corrected chi connectivity index (χ4v) is 5.48. The number of aromatic amines is 1. The number of benzene rings is 2. The van der Waals surface area contributed by atoms with Gasteiger partial charge in [-0.05, 0) is 114 Å². The molecule has 3 aromatic rings. The predicted octanol–water partition coefficient (Wildman–Crippen LogP) is 7.04. The van der Waals surface area contributed by atoms with Gasteiger partial charge in [-0.1, -0.05) is 19.1 Å². The molecule has 1 aromatic heterocycles. The summed E-state index contributed by atoms with van der Waals surface area (Å²) in [7, 11) is 0. The summed E-state index contributed by atoms with van der Waals surface area (Å²) in [6, 6.07) is 16.2. The summed E-state index contributed by atoms with van der Waals surface area (Å²) >= 11 is 0. The lowest BCUT2D eigenvalue weighted by Gasteiger charge is -2.36. The van der Waals surface area contributed by atoms with Gasteiger partial charge in [0.05, 0.1) is 11.6 Å². The van der Waals surface area contributed by atoms with Gasteiger partial charge in [0.2, 0.25) is 0 Å². The minimum atomic E-state index is 0.301. The number of H-pyrrole nitrogens is 1. The van der Waals surface area contributed by atoms with E-state index in [1.54, 1.807) is 0 Å². The van der Waals surface area contributed by atoms with E-state index in [1.165, 1.54) is 53.7 Å². The average molecular weight is 443 g/mol. The maximum absolute atomic E-state index is 9.32. The van der Waals surface area contributed by atoms with Crippen molar-refractivity contribution in [2.45, 2.75) is 78.8 Å². The van der Waals surface area contributed by atoms with Gasteiger partial charge in [-0.25, -0.2) is 0 Å². The van der Waals surface area contributed by atoms with Crippen molar-refractivity contribution in [3.63, 3.8) is 0 Å². The normalized spacial score (nSPS) is 15.5. The van der Waals surface area contributed by atoms with Crippen LogP contribution in [0.1, 0.15) is 75.6 Å². The van der Waals surface area contributed by atoms with Crippen molar-refractivity contribution in [1.29, 1.82) is 5.26 Å². The van der Waals surface area contributed by atoms with Crippen LogP contribution < -0.4 is 4.90 Å². The van der Waals surface area contributed by atoms with Gasteiger partial charge in [-0.3, -0.25) is 0 Å². The predicted molar refractivity (Wildman–Crippen MR) is 140 cm³/mol. The fraction of sp³-hybridized carbons (Fsp3) is 0.483. The molecule has 0 bridgehead atoms. The highest BCUT2D eigenvalue weighted by atomic mass is 15.2. The maximum atomic E-state index is 9.32. The van der Waals surface area contributed by atoms with Crippen LogP contribution in [0.3, 0.4) is 0 Å². The van der Waals surface area contributed by atoms with Gasteiger partial charge in [0.25, 0.3) is 0 Å². The molecule has 174 valence electrons. The number of aryl methyl sites for hydroxylation is 2. The molecule has 1 N–H and O–H groups in total. The Kier molecular flexibility index (Phi) is 6.81. The van der Waals surface area contributed by atoms with Crippen LogP contribution >= 0.6 is 0 Å². The van der Waals surface area contributed by atoms with Gasteiger partial charge in [0, 0.05) is 28.7 Å². The monoisotopic (exact) mass is 442 g/mol. The molecule has 1 fully saturated rings. The Hall–Kier alpha value is -2.77. The van der Waals surface area contributed by atoms with E-state index in [9.17, 15) is 5.26 Å². The topological polar surface area (TPSA) is 46.1 Å². The molecular formula is C29H38N4. The number of aromatic nitrogens is 1. The Bertz CT molecular complexity index is 1160. The first-order valence-corrected chi connectivity index (χ1v) is 12.5. The first kappa shape index (κ1) is 23.4. The molecule has 2 heterocycles. The number of nitrogens with one attached hydrogen (secondary N) is 1. The molecule has 4 nitrogen and oxygen atoms in total. The third-order valence-corrected chi connectivity index (χ3v) is 7.41. The highest BCUT2D eigenvalue weighted by Crippen LogP contribution is 2.38. The van der Waals surface area contributed by atoms with E-state index in [1.807, 2.05) is 12.1 Å². The largest absolute Gasteiger partial charge is 0.341 e. The van der Waals surface area contributed by atoms with E-state index in [4.69, 9.17) is 0 Å². The second-order valence-corrected chi connectivity index (χ2v) is 10.1. The van der Waals surface area contributed by atoms with Gasteiger partial charge in [-0.2, -0.15) is 5.26 Å². The van der Waals surface area contributed by atoms with Crippen molar-refractivity contribution in [2.75, 3.05) is 18.0 Å². The summed E-state index contributed by atoms with van der Waals surface area (Å²) in [6.45, 7) is 15.9. The summed E-state index contributed by atoms with van der Waals surface area (Å²) in [5, 5.41) is 10.5. The number of anilines is 2. The van der Waals surface area contributed by atoms with Crippen molar-refractivity contribution in [2.24, 2.45) is 0 Å². The molecule has 1 aliphatic heterocycles. The minimum absolute atomic E-state index is 0.301. The minimum Gasteiger partial charge on any atom is -0.341 e. The molecule has 1 saturated heterocycles. The molecule has 1 aliphatic rings. The molecular weight excluding hydrogens is 404 g/mol. The van der Waals surface area contributed by atoms with E-state index in [0.717, 1.165) is 17.8 Å². The van der Waals surface area contributed by atoms with Crippen LogP contribution in [0.2, 0.25) is 0 Å². The third-order valence-electron chi connectivity index (χ3n) is 7.41. The number of nitrogens with zero attached hydrogens (tertiary/aromatic N) is 3. The van der Waals surface area contributed by atoms with Crippen LogP contribution in [0.15, 0.2) is 36.4 Å². The average Bonchev–Trinajstić information content (AvgIpc) is 3.14. The summed E-state index contributed by atoms with van der Waals surface area (Å²) in [5.74, 6) is 1.76. The molecule has 4 heteroatoms. The van der Waals surface area contributed by atoms with Gasteiger partial charge in [0.1, 0.15) is 5.82 Å². The van der Waals surface area contributed by atoms with Crippen LogP contribution in [-0.4, -0.2) is 35.1 Å². The molecule has 0 saturated carbocycles. The van der Waals surface area contributed by atoms with Crippen LogP contribution in [-0.2, 0) is 6.42 Å². The summed E-state index contributed by atoms with van der Waals surface area (Å²) in [4.78, 5) is 8.66. The maximum Gasteiger partial charge on any atom is 0.114 e. The zero-order valence-electron chi connectivity index (χ0n) is 21.1.